The van der Waals surface area contributed by atoms with Crippen LogP contribution in [-0.4, -0.2) is 66.9 Å². The van der Waals surface area contributed by atoms with Crippen molar-refractivity contribution in [2.24, 2.45) is 5.41 Å². The Morgan fingerprint density at radius 2 is 1.65 bits per heavy atom. The summed E-state index contributed by atoms with van der Waals surface area (Å²) in [5, 5.41) is 15.4. The van der Waals surface area contributed by atoms with E-state index in [1.54, 1.807) is 0 Å². The number of nitrogens with zero attached hydrogens (tertiary/aromatic N) is 3. The minimum absolute atomic E-state index is 0.149. The zero-order chi connectivity index (χ0) is 26.3. The maximum absolute atomic E-state index is 13.3. The Hall–Kier alpha value is -2.57. The number of halogens is 3. The molecule has 2 fully saturated rings. The number of rotatable bonds is 1. The molecule has 6 nitrogen and oxygen atoms in total. The molecular formula is C25H36F3N3O3. The zero-order valence-electron chi connectivity index (χ0n) is 21.0. The third kappa shape index (κ3) is 7.21. The number of carbonyl (C=O) groups is 1. The van der Waals surface area contributed by atoms with Crippen molar-refractivity contribution in [2.45, 2.75) is 52.6 Å². The Morgan fingerprint density at radius 1 is 1.12 bits per heavy atom. The van der Waals surface area contributed by atoms with Gasteiger partial charge in [0.1, 0.15) is 17.2 Å². The maximum Gasteiger partial charge on any atom is 0.410 e. The molecule has 190 valence electrons. The van der Waals surface area contributed by atoms with E-state index in [1.165, 1.54) is 32.5 Å². The van der Waals surface area contributed by atoms with E-state index in [-0.39, 0.29) is 22.8 Å². The summed E-state index contributed by atoms with van der Waals surface area (Å²) in [7, 11) is 3.19. The highest BCUT2D eigenvalue weighted by atomic mass is 19.2. The Bertz CT molecular complexity index is 915. The van der Waals surface area contributed by atoms with Crippen molar-refractivity contribution in [3.63, 3.8) is 0 Å². The van der Waals surface area contributed by atoms with Crippen LogP contribution < -0.4 is 0 Å². The fourth-order valence-electron chi connectivity index (χ4n) is 4.19. The molecule has 2 aliphatic rings. The van der Waals surface area contributed by atoms with E-state index in [1.807, 2.05) is 25.7 Å². The summed E-state index contributed by atoms with van der Waals surface area (Å²) in [5.74, 6) is -3.73. The monoisotopic (exact) mass is 483 g/mol. The van der Waals surface area contributed by atoms with E-state index < -0.39 is 23.0 Å². The number of aliphatic hydroxyl groups is 1. The topological polar surface area (TPSA) is 76.8 Å². The smallest absolute Gasteiger partial charge is 0.410 e. The minimum atomic E-state index is -1.45. The summed E-state index contributed by atoms with van der Waals surface area (Å²) in [5.41, 5.74) is -1.20. The van der Waals surface area contributed by atoms with Crippen LogP contribution in [0.2, 0.25) is 0 Å². The number of carbonyl (C=O) groups excluding carboxylic acids is 1. The number of ether oxygens (including phenoxy) is 1. The number of hydrogen-bond donors (Lipinski definition) is 1. The van der Waals surface area contributed by atoms with Gasteiger partial charge in [0.25, 0.3) is 0 Å². The van der Waals surface area contributed by atoms with Gasteiger partial charge in [-0.2, -0.15) is 5.26 Å². The lowest BCUT2D eigenvalue weighted by atomic mass is 9.78. The predicted molar refractivity (Wildman–Crippen MR) is 126 cm³/mol. The number of amides is 1. The first kappa shape index (κ1) is 29.5. The molecule has 1 N–H and O–H groups in total. The van der Waals surface area contributed by atoms with Crippen molar-refractivity contribution < 1.29 is 27.8 Å². The van der Waals surface area contributed by atoms with Crippen LogP contribution in [0.1, 0.15) is 56.7 Å². The van der Waals surface area contributed by atoms with Crippen LogP contribution in [0.4, 0.5) is 18.0 Å². The third-order valence-electron chi connectivity index (χ3n) is 6.02. The number of aliphatic hydroxyl groups excluding tert-OH is 1. The van der Waals surface area contributed by atoms with Gasteiger partial charge < -0.3 is 19.6 Å². The molecule has 1 aromatic rings. The molecule has 1 spiro atoms. The lowest BCUT2D eigenvalue weighted by molar-refractivity contribution is 0.0112. The quantitative estimate of drug-likeness (QED) is 0.577. The first-order valence-corrected chi connectivity index (χ1v) is 11.1. The van der Waals surface area contributed by atoms with Gasteiger partial charge in [0.05, 0.1) is 0 Å². The van der Waals surface area contributed by atoms with Gasteiger partial charge >= 0.3 is 6.09 Å². The number of likely N-dealkylation sites (tertiary alicyclic amines) is 2. The molecule has 0 bridgehead atoms. The molecule has 2 aliphatic heterocycles. The van der Waals surface area contributed by atoms with Crippen molar-refractivity contribution in [3.8, 4) is 6.07 Å². The molecule has 0 saturated carbocycles. The van der Waals surface area contributed by atoms with Gasteiger partial charge in [-0.15, -0.1) is 0 Å². The van der Waals surface area contributed by atoms with E-state index in [0.717, 1.165) is 39.1 Å². The molecule has 0 aromatic heterocycles. The molecule has 2 heterocycles. The average molecular weight is 484 g/mol. The lowest BCUT2D eigenvalue weighted by Crippen LogP contribution is -2.45. The van der Waals surface area contributed by atoms with Gasteiger partial charge in [0.2, 0.25) is 0 Å². The van der Waals surface area contributed by atoms with Crippen LogP contribution in [0.25, 0.3) is 6.08 Å². The third-order valence-corrected chi connectivity index (χ3v) is 6.02. The summed E-state index contributed by atoms with van der Waals surface area (Å²) >= 11 is 0. The molecule has 2 saturated heterocycles. The largest absolute Gasteiger partial charge is 0.444 e. The van der Waals surface area contributed by atoms with Crippen LogP contribution in [0.5, 0.6) is 0 Å². The van der Waals surface area contributed by atoms with Gasteiger partial charge in [0.15, 0.2) is 17.5 Å². The fourth-order valence-corrected chi connectivity index (χ4v) is 4.19. The van der Waals surface area contributed by atoms with Crippen LogP contribution >= 0.6 is 0 Å². The zero-order valence-corrected chi connectivity index (χ0v) is 21.0. The molecule has 0 radical (unpaired) electrons. The van der Waals surface area contributed by atoms with E-state index in [0.29, 0.717) is 5.41 Å². The molecule has 3 rings (SSSR count). The van der Waals surface area contributed by atoms with Crippen molar-refractivity contribution in [1.29, 1.82) is 5.26 Å². The Labute approximate surface area is 200 Å². The lowest BCUT2D eigenvalue weighted by Gasteiger charge is -2.39. The van der Waals surface area contributed by atoms with Crippen LogP contribution in [0.15, 0.2) is 6.58 Å². The molecule has 9 heteroatoms. The Kier molecular flexibility index (Phi) is 10.6. The van der Waals surface area contributed by atoms with Gasteiger partial charge in [-0.05, 0) is 71.5 Å². The molecule has 1 aromatic carbocycles. The Balaban J connectivity index is 0.000000326. The second-order valence-electron chi connectivity index (χ2n) is 9.63. The first-order chi connectivity index (χ1) is 15.8. The summed E-state index contributed by atoms with van der Waals surface area (Å²) < 4.78 is 44.7. The van der Waals surface area contributed by atoms with Crippen molar-refractivity contribution in [3.05, 3.63) is 40.7 Å². The minimum Gasteiger partial charge on any atom is -0.444 e. The summed E-state index contributed by atoms with van der Waals surface area (Å²) in [6.07, 6.45) is 4.43. The van der Waals surface area contributed by atoms with Gasteiger partial charge in [-0.25, -0.2) is 18.0 Å². The van der Waals surface area contributed by atoms with Crippen molar-refractivity contribution in [2.75, 3.05) is 40.3 Å². The van der Waals surface area contributed by atoms with Crippen LogP contribution in [-0.2, 0) is 4.74 Å². The van der Waals surface area contributed by atoms with E-state index in [9.17, 15) is 18.0 Å². The van der Waals surface area contributed by atoms with Crippen LogP contribution in [0, 0.1) is 41.1 Å². The summed E-state index contributed by atoms with van der Waals surface area (Å²) in [6.45, 7) is 14.3. The second-order valence-corrected chi connectivity index (χ2v) is 9.63. The van der Waals surface area contributed by atoms with Gasteiger partial charge in [0, 0.05) is 32.3 Å². The normalized spacial score (nSPS) is 17.1. The predicted octanol–water partition coefficient (Wildman–Crippen LogP) is 4.87. The van der Waals surface area contributed by atoms with Gasteiger partial charge in [-0.1, -0.05) is 12.7 Å². The number of nitriles is 1. The van der Waals surface area contributed by atoms with Crippen molar-refractivity contribution in [1.82, 2.24) is 9.80 Å². The van der Waals surface area contributed by atoms with E-state index in [4.69, 9.17) is 15.1 Å². The number of hydrogen-bond acceptors (Lipinski definition) is 5. The highest BCUT2D eigenvalue weighted by Crippen LogP contribution is 2.39. The van der Waals surface area contributed by atoms with Crippen LogP contribution in [0.3, 0.4) is 0 Å². The Morgan fingerprint density at radius 3 is 2.06 bits per heavy atom. The van der Waals surface area contributed by atoms with Gasteiger partial charge in [-0.3, -0.25) is 0 Å². The van der Waals surface area contributed by atoms with E-state index in [2.05, 4.69) is 18.5 Å². The number of piperidine rings is 1. The average Bonchev–Trinajstić information content (AvgIpc) is 3.14. The molecule has 1 amide bonds. The highest BCUT2D eigenvalue weighted by Gasteiger charge is 2.40. The summed E-state index contributed by atoms with van der Waals surface area (Å²) in [4.78, 5) is 16.3. The number of benzene rings is 1. The molecular weight excluding hydrogens is 447 g/mol. The van der Waals surface area contributed by atoms with E-state index >= 15 is 0 Å². The molecule has 0 atom stereocenters. The first-order valence-electron chi connectivity index (χ1n) is 11.1. The second kappa shape index (κ2) is 12.2. The fraction of sp³-hybridized carbons (Fsp3) is 0.600. The standard InChI is InChI=1S/C14H26N2O2.C10H6F3N.CH4O/c1-13(2,3)18-12(17)16-9-6-14(7-10-16)5-8-15(4)11-14;1-3-6-5(2)8(11)10(13)7(4-14)9(6)12;1-2/h5-11H2,1-4H3;3H,1H2,2H3;2H,1H3. The molecule has 34 heavy (non-hydrogen) atoms. The van der Waals surface area contributed by atoms with Crippen molar-refractivity contribution >= 4 is 12.2 Å². The maximum atomic E-state index is 13.3. The highest BCUT2D eigenvalue weighted by molar-refractivity contribution is 5.68. The molecule has 0 aliphatic carbocycles. The molecule has 0 unspecified atom stereocenters. The SMILES string of the molecule is C=Cc1c(C)c(F)c(F)c(C#N)c1F.CN1CCC2(CCN(C(=O)OC(C)(C)C)CC2)C1.CO. The summed E-state index contributed by atoms with van der Waals surface area (Å²) in [6, 6.07) is 1.27.